The standard InChI is InChI=1S/C18H23N3O2/c1-23-18(8-12-19-13-9-18)17(22)21-11-7-15-5-2-4-14-6-3-10-20-16(14)15/h2-6,10,19H,7-9,11-13H2,1H3,(H,21,22). The van der Waals surface area contributed by atoms with Crippen molar-refractivity contribution in [1.82, 2.24) is 15.6 Å². The largest absolute Gasteiger partial charge is 0.368 e. The van der Waals surface area contributed by atoms with Crippen LogP contribution in [0.4, 0.5) is 0 Å². The smallest absolute Gasteiger partial charge is 0.252 e. The van der Waals surface area contributed by atoms with Crippen LogP contribution in [0.1, 0.15) is 18.4 Å². The van der Waals surface area contributed by atoms with Crippen molar-refractivity contribution in [3.63, 3.8) is 0 Å². The predicted octanol–water partition coefficient (Wildman–Crippen LogP) is 1.66. The van der Waals surface area contributed by atoms with E-state index in [9.17, 15) is 4.79 Å². The quantitative estimate of drug-likeness (QED) is 0.881. The second-order valence-electron chi connectivity index (χ2n) is 5.95. The third-order valence-corrected chi connectivity index (χ3v) is 4.61. The Morgan fingerprint density at radius 2 is 2.09 bits per heavy atom. The number of nitrogens with zero attached hydrogens (tertiary/aromatic N) is 1. The molecule has 1 aliphatic rings. The molecule has 2 heterocycles. The van der Waals surface area contributed by atoms with E-state index >= 15 is 0 Å². The second-order valence-corrected chi connectivity index (χ2v) is 5.95. The maximum atomic E-state index is 12.5. The first-order valence-electron chi connectivity index (χ1n) is 8.12. The molecule has 122 valence electrons. The number of aromatic nitrogens is 1. The molecule has 1 aliphatic heterocycles. The maximum Gasteiger partial charge on any atom is 0.252 e. The van der Waals surface area contributed by atoms with Gasteiger partial charge in [-0.3, -0.25) is 9.78 Å². The van der Waals surface area contributed by atoms with Crippen LogP contribution in [0.15, 0.2) is 36.5 Å². The zero-order valence-electron chi connectivity index (χ0n) is 13.5. The van der Waals surface area contributed by atoms with Crippen LogP contribution in [-0.2, 0) is 16.0 Å². The van der Waals surface area contributed by atoms with E-state index in [1.54, 1.807) is 13.3 Å². The van der Waals surface area contributed by atoms with Gasteiger partial charge in [0.05, 0.1) is 5.52 Å². The van der Waals surface area contributed by atoms with E-state index in [4.69, 9.17) is 4.74 Å². The molecule has 0 spiro atoms. The highest BCUT2D eigenvalue weighted by atomic mass is 16.5. The fourth-order valence-electron chi connectivity index (χ4n) is 3.20. The molecular weight excluding hydrogens is 290 g/mol. The molecule has 0 bridgehead atoms. The summed E-state index contributed by atoms with van der Waals surface area (Å²) in [5.41, 5.74) is 1.48. The number of benzene rings is 1. The lowest BCUT2D eigenvalue weighted by molar-refractivity contribution is -0.146. The Bertz CT molecular complexity index is 676. The van der Waals surface area contributed by atoms with Crippen LogP contribution < -0.4 is 10.6 Å². The van der Waals surface area contributed by atoms with E-state index < -0.39 is 5.60 Å². The molecule has 1 aromatic heterocycles. The molecular formula is C18H23N3O2. The summed E-state index contributed by atoms with van der Waals surface area (Å²) in [5.74, 6) is -0.00491. The summed E-state index contributed by atoms with van der Waals surface area (Å²) in [4.78, 5) is 17.0. The monoisotopic (exact) mass is 313 g/mol. The highest BCUT2D eigenvalue weighted by molar-refractivity contribution is 5.85. The Morgan fingerprint density at radius 1 is 1.30 bits per heavy atom. The first-order valence-corrected chi connectivity index (χ1v) is 8.12. The van der Waals surface area contributed by atoms with E-state index in [1.807, 2.05) is 12.1 Å². The van der Waals surface area contributed by atoms with Crippen LogP contribution in [0, 0.1) is 0 Å². The number of methoxy groups -OCH3 is 1. The Kier molecular flexibility index (Phi) is 4.88. The summed E-state index contributed by atoms with van der Waals surface area (Å²) < 4.78 is 5.55. The van der Waals surface area contributed by atoms with Gasteiger partial charge in [0.2, 0.25) is 0 Å². The van der Waals surface area contributed by atoms with Gasteiger partial charge in [-0.25, -0.2) is 0 Å². The third-order valence-electron chi connectivity index (χ3n) is 4.61. The number of ether oxygens (including phenoxy) is 1. The molecule has 0 atom stereocenters. The van der Waals surface area contributed by atoms with Crippen molar-refractivity contribution in [3.8, 4) is 0 Å². The molecule has 0 unspecified atom stereocenters. The Balaban J connectivity index is 1.63. The number of hydrogen-bond acceptors (Lipinski definition) is 4. The van der Waals surface area contributed by atoms with Crippen molar-refractivity contribution in [2.75, 3.05) is 26.7 Å². The number of rotatable bonds is 5. The van der Waals surface area contributed by atoms with Gasteiger partial charge >= 0.3 is 0 Å². The number of hydrogen-bond donors (Lipinski definition) is 2. The van der Waals surface area contributed by atoms with Crippen molar-refractivity contribution in [1.29, 1.82) is 0 Å². The van der Waals surface area contributed by atoms with E-state index in [2.05, 4.69) is 33.8 Å². The number of carbonyl (C=O) groups is 1. The first kappa shape index (κ1) is 15.9. The van der Waals surface area contributed by atoms with Crippen LogP contribution >= 0.6 is 0 Å². The fourth-order valence-corrected chi connectivity index (χ4v) is 3.20. The minimum absolute atomic E-state index is 0.00491. The summed E-state index contributed by atoms with van der Waals surface area (Å²) in [6.45, 7) is 2.22. The molecule has 1 fully saturated rings. The Labute approximate surface area is 136 Å². The van der Waals surface area contributed by atoms with E-state index in [-0.39, 0.29) is 5.91 Å². The van der Waals surface area contributed by atoms with Crippen LogP contribution in [-0.4, -0.2) is 43.2 Å². The van der Waals surface area contributed by atoms with Crippen molar-refractivity contribution in [2.45, 2.75) is 24.9 Å². The van der Waals surface area contributed by atoms with Gasteiger partial charge in [-0.1, -0.05) is 24.3 Å². The Morgan fingerprint density at radius 3 is 2.87 bits per heavy atom. The average Bonchev–Trinajstić information content (AvgIpc) is 2.62. The molecule has 0 saturated carbocycles. The highest BCUT2D eigenvalue weighted by Crippen LogP contribution is 2.22. The number of pyridine rings is 1. The minimum Gasteiger partial charge on any atom is -0.368 e. The van der Waals surface area contributed by atoms with Gasteiger partial charge in [-0.05, 0) is 44.0 Å². The molecule has 0 aliphatic carbocycles. The third kappa shape index (κ3) is 3.35. The topological polar surface area (TPSA) is 63.2 Å². The first-order chi connectivity index (χ1) is 11.2. The van der Waals surface area contributed by atoms with Gasteiger partial charge in [-0.2, -0.15) is 0 Å². The summed E-state index contributed by atoms with van der Waals surface area (Å²) in [6.07, 6.45) is 3.99. The molecule has 1 amide bonds. The van der Waals surface area contributed by atoms with Crippen molar-refractivity contribution in [2.24, 2.45) is 0 Å². The lowest BCUT2D eigenvalue weighted by Crippen LogP contribution is -2.54. The number of piperidine rings is 1. The van der Waals surface area contributed by atoms with Gasteiger partial charge in [-0.15, -0.1) is 0 Å². The second kappa shape index (κ2) is 7.06. The number of fused-ring (bicyclic) bond motifs is 1. The SMILES string of the molecule is COC1(C(=O)NCCc2cccc3cccnc23)CCNCC1. The maximum absolute atomic E-state index is 12.5. The van der Waals surface area contributed by atoms with Crippen LogP contribution in [0.2, 0.25) is 0 Å². The Hall–Kier alpha value is -1.98. The number of carbonyl (C=O) groups excluding carboxylic acids is 1. The van der Waals surface area contributed by atoms with E-state index in [0.717, 1.165) is 36.0 Å². The lowest BCUT2D eigenvalue weighted by Gasteiger charge is -2.34. The minimum atomic E-state index is -0.678. The molecule has 5 heteroatoms. The predicted molar refractivity (Wildman–Crippen MR) is 90.3 cm³/mol. The van der Waals surface area contributed by atoms with Gasteiger partial charge in [0.1, 0.15) is 5.60 Å². The van der Waals surface area contributed by atoms with Gasteiger partial charge in [0, 0.05) is 25.2 Å². The zero-order chi connectivity index (χ0) is 16.1. The number of amides is 1. The molecule has 3 rings (SSSR count). The summed E-state index contributed by atoms with van der Waals surface area (Å²) >= 11 is 0. The number of para-hydroxylation sites is 1. The van der Waals surface area contributed by atoms with Gasteiger partial charge < -0.3 is 15.4 Å². The lowest BCUT2D eigenvalue weighted by atomic mass is 9.91. The van der Waals surface area contributed by atoms with E-state index in [0.29, 0.717) is 19.4 Å². The summed E-state index contributed by atoms with van der Waals surface area (Å²) in [6, 6.07) is 10.1. The average molecular weight is 313 g/mol. The van der Waals surface area contributed by atoms with Gasteiger partial charge in [0.15, 0.2) is 0 Å². The van der Waals surface area contributed by atoms with Crippen LogP contribution in [0.3, 0.4) is 0 Å². The van der Waals surface area contributed by atoms with Crippen molar-refractivity contribution in [3.05, 3.63) is 42.1 Å². The molecule has 1 aromatic carbocycles. The summed E-state index contributed by atoms with van der Waals surface area (Å²) in [7, 11) is 1.62. The van der Waals surface area contributed by atoms with Gasteiger partial charge in [0.25, 0.3) is 5.91 Å². The van der Waals surface area contributed by atoms with E-state index in [1.165, 1.54) is 0 Å². The van der Waals surface area contributed by atoms with Crippen molar-refractivity contribution < 1.29 is 9.53 Å². The molecule has 0 radical (unpaired) electrons. The fraction of sp³-hybridized carbons (Fsp3) is 0.444. The number of nitrogens with one attached hydrogen (secondary N) is 2. The van der Waals surface area contributed by atoms with Crippen LogP contribution in [0.25, 0.3) is 10.9 Å². The van der Waals surface area contributed by atoms with Crippen molar-refractivity contribution >= 4 is 16.8 Å². The molecule has 2 aromatic rings. The molecule has 23 heavy (non-hydrogen) atoms. The highest BCUT2D eigenvalue weighted by Gasteiger charge is 2.39. The molecule has 5 nitrogen and oxygen atoms in total. The summed E-state index contributed by atoms with van der Waals surface area (Å²) in [5, 5.41) is 7.43. The normalized spacial score (nSPS) is 17.1. The molecule has 1 saturated heterocycles. The molecule has 2 N–H and O–H groups in total. The zero-order valence-corrected chi connectivity index (χ0v) is 13.5. The van der Waals surface area contributed by atoms with Crippen LogP contribution in [0.5, 0.6) is 0 Å².